The van der Waals surface area contributed by atoms with Crippen molar-refractivity contribution in [1.82, 2.24) is 15.0 Å². The zero-order valence-electron chi connectivity index (χ0n) is 13.7. The summed E-state index contributed by atoms with van der Waals surface area (Å²) in [6.45, 7) is 6.73. The molecule has 2 aliphatic rings. The van der Waals surface area contributed by atoms with Crippen LogP contribution in [0.3, 0.4) is 0 Å². The summed E-state index contributed by atoms with van der Waals surface area (Å²) in [4.78, 5) is 16.8. The second-order valence-corrected chi connectivity index (χ2v) is 7.35. The lowest BCUT2D eigenvalue weighted by atomic mass is 10.1. The fraction of sp³-hybridized carbons (Fsp3) is 0.529. The van der Waals surface area contributed by atoms with Crippen molar-refractivity contribution in [2.75, 3.05) is 32.8 Å². The van der Waals surface area contributed by atoms with Gasteiger partial charge >= 0.3 is 0 Å². The van der Waals surface area contributed by atoms with Gasteiger partial charge in [-0.3, -0.25) is 9.69 Å². The predicted octanol–water partition coefficient (Wildman–Crippen LogP) is 2.02. The highest BCUT2D eigenvalue weighted by atomic mass is 32.1. The van der Waals surface area contributed by atoms with Gasteiger partial charge in [-0.05, 0) is 29.3 Å². The van der Waals surface area contributed by atoms with Gasteiger partial charge in [-0.1, -0.05) is 5.16 Å². The van der Waals surface area contributed by atoms with E-state index in [-0.39, 0.29) is 12.0 Å². The lowest BCUT2D eigenvalue weighted by Crippen LogP contribution is -2.33. The molecule has 0 N–H and O–H groups in total. The van der Waals surface area contributed by atoms with E-state index in [1.807, 2.05) is 4.90 Å². The third-order valence-electron chi connectivity index (χ3n) is 4.73. The lowest BCUT2D eigenvalue weighted by Gasteiger charge is -2.22. The van der Waals surface area contributed by atoms with Crippen LogP contribution < -0.4 is 0 Å². The predicted molar refractivity (Wildman–Crippen MR) is 90.0 cm³/mol. The smallest absolute Gasteiger partial charge is 0.276 e. The Kier molecular flexibility index (Phi) is 4.39. The van der Waals surface area contributed by atoms with Gasteiger partial charge in [-0.15, -0.1) is 0 Å². The third-order valence-corrected chi connectivity index (χ3v) is 5.47. The standard InChI is InChI=1S/C17H21N3O3S/c1-12-6-15(18-23-12)17(21)20-9-14-8-19(3-4-22-16(14)10-20)7-13-2-5-24-11-13/h2,5-6,11,14,16H,3-4,7-10H2,1H3/t14-,16+/m0/s1. The third kappa shape index (κ3) is 3.24. The first-order valence-electron chi connectivity index (χ1n) is 8.26. The van der Waals surface area contributed by atoms with E-state index >= 15 is 0 Å². The quantitative estimate of drug-likeness (QED) is 0.850. The van der Waals surface area contributed by atoms with E-state index in [1.165, 1.54) is 5.56 Å². The van der Waals surface area contributed by atoms with Crippen molar-refractivity contribution >= 4 is 17.2 Å². The van der Waals surface area contributed by atoms with E-state index < -0.39 is 0 Å². The molecule has 4 rings (SSSR count). The van der Waals surface area contributed by atoms with Crippen LogP contribution in [-0.2, 0) is 11.3 Å². The Morgan fingerprint density at radius 1 is 1.42 bits per heavy atom. The summed E-state index contributed by atoms with van der Waals surface area (Å²) in [5.74, 6) is 0.945. The Morgan fingerprint density at radius 2 is 2.33 bits per heavy atom. The number of fused-ring (bicyclic) bond motifs is 1. The van der Waals surface area contributed by atoms with Crippen LogP contribution in [0.4, 0.5) is 0 Å². The molecule has 2 saturated heterocycles. The molecule has 2 atom stereocenters. The summed E-state index contributed by atoms with van der Waals surface area (Å²) in [6, 6.07) is 3.87. The molecule has 0 aliphatic carbocycles. The average Bonchev–Trinajstić information content (AvgIpc) is 3.28. The molecule has 0 bridgehead atoms. The second kappa shape index (κ2) is 6.66. The molecule has 2 aromatic heterocycles. The van der Waals surface area contributed by atoms with Gasteiger partial charge < -0.3 is 14.2 Å². The summed E-state index contributed by atoms with van der Waals surface area (Å²) in [5, 5.41) is 8.15. The average molecular weight is 347 g/mol. The molecular formula is C17H21N3O3S. The molecule has 2 aliphatic heterocycles. The number of carbonyl (C=O) groups is 1. The van der Waals surface area contributed by atoms with Crippen LogP contribution in [0.25, 0.3) is 0 Å². The maximum Gasteiger partial charge on any atom is 0.276 e. The van der Waals surface area contributed by atoms with Crippen LogP contribution in [0.2, 0.25) is 0 Å². The molecule has 0 spiro atoms. The first-order valence-corrected chi connectivity index (χ1v) is 9.21. The normalized spacial score (nSPS) is 24.8. The Morgan fingerprint density at radius 3 is 3.08 bits per heavy atom. The minimum Gasteiger partial charge on any atom is -0.375 e. The van der Waals surface area contributed by atoms with Crippen molar-refractivity contribution in [3.8, 4) is 0 Å². The molecule has 6 nitrogen and oxygen atoms in total. The highest BCUT2D eigenvalue weighted by Crippen LogP contribution is 2.26. The molecule has 128 valence electrons. The van der Waals surface area contributed by atoms with E-state index in [0.29, 0.717) is 23.9 Å². The second-order valence-electron chi connectivity index (χ2n) is 6.57. The fourth-order valence-corrected chi connectivity index (χ4v) is 4.20. The molecule has 2 aromatic rings. The molecule has 4 heterocycles. The summed E-state index contributed by atoms with van der Waals surface area (Å²) < 4.78 is 11.0. The minimum atomic E-state index is -0.0621. The van der Waals surface area contributed by atoms with Crippen molar-refractivity contribution in [3.63, 3.8) is 0 Å². The maximum atomic E-state index is 12.6. The van der Waals surface area contributed by atoms with E-state index in [9.17, 15) is 4.79 Å². The number of amides is 1. The van der Waals surface area contributed by atoms with Gasteiger partial charge in [0.25, 0.3) is 5.91 Å². The number of aryl methyl sites for hydroxylation is 1. The van der Waals surface area contributed by atoms with Crippen LogP contribution in [-0.4, -0.2) is 59.8 Å². The van der Waals surface area contributed by atoms with Crippen molar-refractivity contribution < 1.29 is 14.1 Å². The van der Waals surface area contributed by atoms with Gasteiger partial charge in [0, 0.05) is 44.7 Å². The number of aromatic nitrogens is 1. The molecule has 0 radical (unpaired) electrons. The summed E-state index contributed by atoms with van der Waals surface area (Å²) in [6.07, 6.45) is 0.120. The van der Waals surface area contributed by atoms with Crippen LogP contribution >= 0.6 is 11.3 Å². The van der Waals surface area contributed by atoms with Crippen molar-refractivity contribution in [2.24, 2.45) is 5.92 Å². The van der Waals surface area contributed by atoms with Crippen LogP contribution in [0.15, 0.2) is 27.4 Å². The number of ether oxygens (including phenoxy) is 1. The van der Waals surface area contributed by atoms with E-state index in [1.54, 1.807) is 24.3 Å². The van der Waals surface area contributed by atoms with Gasteiger partial charge in [-0.25, -0.2) is 0 Å². The summed E-state index contributed by atoms with van der Waals surface area (Å²) in [7, 11) is 0. The zero-order chi connectivity index (χ0) is 16.5. The van der Waals surface area contributed by atoms with Crippen molar-refractivity contribution in [3.05, 3.63) is 39.9 Å². The molecule has 0 aromatic carbocycles. The summed E-state index contributed by atoms with van der Waals surface area (Å²) >= 11 is 1.73. The number of hydrogen-bond acceptors (Lipinski definition) is 6. The Bertz CT molecular complexity index is 700. The first-order chi connectivity index (χ1) is 11.7. The highest BCUT2D eigenvalue weighted by molar-refractivity contribution is 7.07. The highest BCUT2D eigenvalue weighted by Gasteiger charge is 2.39. The van der Waals surface area contributed by atoms with E-state index in [0.717, 1.165) is 32.8 Å². The number of rotatable bonds is 3. The summed E-state index contributed by atoms with van der Waals surface area (Å²) in [5.41, 5.74) is 1.74. The number of nitrogens with zero attached hydrogens (tertiary/aromatic N) is 3. The molecular weight excluding hydrogens is 326 g/mol. The van der Waals surface area contributed by atoms with Crippen LogP contribution in [0.1, 0.15) is 21.8 Å². The van der Waals surface area contributed by atoms with Crippen LogP contribution in [0, 0.1) is 12.8 Å². The largest absolute Gasteiger partial charge is 0.375 e. The van der Waals surface area contributed by atoms with Crippen molar-refractivity contribution in [1.29, 1.82) is 0 Å². The number of thiophene rings is 1. The van der Waals surface area contributed by atoms with Gasteiger partial charge in [0.1, 0.15) is 5.76 Å². The molecule has 2 fully saturated rings. The zero-order valence-corrected chi connectivity index (χ0v) is 14.5. The fourth-order valence-electron chi connectivity index (χ4n) is 3.54. The SMILES string of the molecule is Cc1cc(C(=O)N2C[C@@H]3CN(Cc4ccsc4)CCO[C@@H]3C2)no1. The number of carbonyl (C=O) groups excluding carboxylic acids is 1. The van der Waals surface area contributed by atoms with Gasteiger partial charge in [0.05, 0.1) is 12.7 Å². The maximum absolute atomic E-state index is 12.6. The van der Waals surface area contributed by atoms with Gasteiger partial charge in [0.2, 0.25) is 0 Å². The monoisotopic (exact) mass is 347 g/mol. The minimum absolute atomic E-state index is 0.0621. The Hall–Kier alpha value is -1.70. The topological polar surface area (TPSA) is 58.8 Å². The number of likely N-dealkylation sites (tertiary alicyclic amines) is 1. The number of hydrogen-bond donors (Lipinski definition) is 0. The molecule has 7 heteroatoms. The van der Waals surface area contributed by atoms with E-state index in [2.05, 4.69) is 26.9 Å². The van der Waals surface area contributed by atoms with Crippen molar-refractivity contribution in [2.45, 2.75) is 19.6 Å². The molecule has 0 saturated carbocycles. The Labute approximate surface area is 145 Å². The van der Waals surface area contributed by atoms with Gasteiger partial charge in [0.15, 0.2) is 5.69 Å². The van der Waals surface area contributed by atoms with Gasteiger partial charge in [-0.2, -0.15) is 11.3 Å². The van der Waals surface area contributed by atoms with Crippen LogP contribution in [0.5, 0.6) is 0 Å². The lowest BCUT2D eigenvalue weighted by molar-refractivity contribution is 0.0481. The Balaban J connectivity index is 1.41. The molecule has 1 amide bonds. The molecule has 0 unspecified atom stereocenters. The first kappa shape index (κ1) is 15.8. The van der Waals surface area contributed by atoms with E-state index in [4.69, 9.17) is 9.26 Å². The molecule has 24 heavy (non-hydrogen) atoms.